The molecule has 0 unspecified atom stereocenters. The molecule has 0 spiro atoms. The van der Waals surface area contributed by atoms with Crippen LogP contribution in [-0.2, 0) is 17.8 Å². The number of aromatic nitrogens is 2. The SMILES string of the molecule is Cc1nc([C@H]2CCCCN2C(=O)Cc2ccccc2)ncc1C(=O)NCc1ccccc1. The van der Waals surface area contributed by atoms with Crippen molar-refractivity contribution in [2.75, 3.05) is 6.54 Å². The molecule has 0 aliphatic carbocycles. The number of rotatable bonds is 6. The normalized spacial score (nSPS) is 15.9. The second-order valence-electron chi connectivity index (χ2n) is 8.16. The molecule has 6 heteroatoms. The third-order valence-electron chi connectivity index (χ3n) is 5.86. The summed E-state index contributed by atoms with van der Waals surface area (Å²) in [5.74, 6) is 0.508. The van der Waals surface area contributed by atoms with Crippen molar-refractivity contribution in [3.63, 3.8) is 0 Å². The summed E-state index contributed by atoms with van der Waals surface area (Å²) in [7, 11) is 0. The van der Waals surface area contributed by atoms with Gasteiger partial charge in [0, 0.05) is 19.3 Å². The summed E-state index contributed by atoms with van der Waals surface area (Å²) in [5, 5.41) is 2.93. The number of hydrogen-bond acceptors (Lipinski definition) is 4. The van der Waals surface area contributed by atoms with Crippen molar-refractivity contribution >= 4 is 11.8 Å². The van der Waals surface area contributed by atoms with E-state index in [0.717, 1.165) is 30.4 Å². The van der Waals surface area contributed by atoms with Gasteiger partial charge in [-0.1, -0.05) is 60.7 Å². The summed E-state index contributed by atoms with van der Waals surface area (Å²) in [4.78, 5) is 36.7. The summed E-state index contributed by atoms with van der Waals surface area (Å²) in [6.45, 7) is 2.98. The van der Waals surface area contributed by atoms with Crippen LogP contribution in [0.1, 0.15) is 58.3 Å². The number of carbonyl (C=O) groups excluding carboxylic acids is 2. The van der Waals surface area contributed by atoms with Crippen molar-refractivity contribution < 1.29 is 9.59 Å². The largest absolute Gasteiger partial charge is 0.348 e. The van der Waals surface area contributed by atoms with Gasteiger partial charge >= 0.3 is 0 Å². The molecule has 164 valence electrons. The smallest absolute Gasteiger partial charge is 0.254 e. The minimum Gasteiger partial charge on any atom is -0.348 e. The quantitative estimate of drug-likeness (QED) is 0.644. The maximum atomic E-state index is 13.0. The number of benzene rings is 2. The first kappa shape index (κ1) is 21.7. The number of likely N-dealkylation sites (tertiary alicyclic amines) is 1. The monoisotopic (exact) mass is 428 g/mol. The Labute approximate surface area is 188 Å². The molecule has 0 radical (unpaired) electrons. The molecule has 0 saturated carbocycles. The number of nitrogens with one attached hydrogen (secondary N) is 1. The summed E-state index contributed by atoms with van der Waals surface area (Å²) in [6.07, 6.45) is 4.81. The molecule has 4 rings (SSSR count). The highest BCUT2D eigenvalue weighted by molar-refractivity contribution is 5.94. The number of hydrogen-bond donors (Lipinski definition) is 1. The van der Waals surface area contributed by atoms with E-state index in [0.29, 0.717) is 36.6 Å². The molecule has 6 nitrogen and oxygen atoms in total. The Balaban J connectivity index is 1.46. The maximum absolute atomic E-state index is 13.0. The molecule has 1 atom stereocenters. The van der Waals surface area contributed by atoms with Crippen molar-refractivity contribution in [2.24, 2.45) is 0 Å². The van der Waals surface area contributed by atoms with Gasteiger partial charge in [-0.2, -0.15) is 0 Å². The van der Waals surface area contributed by atoms with Crippen LogP contribution in [0.25, 0.3) is 0 Å². The maximum Gasteiger partial charge on any atom is 0.254 e. The molecule has 2 heterocycles. The van der Waals surface area contributed by atoms with Gasteiger partial charge in [-0.25, -0.2) is 9.97 Å². The number of nitrogens with zero attached hydrogens (tertiary/aromatic N) is 3. The third kappa shape index (κ3) is 5.19. The summed E-state index contributed by atoms with van der Waals surface area (Å²) < 4.78 is 0. The molecule has 1 aliphatic rings. The molecule has 1 saturated heterocycles. The molecule has 1 N–H and O–H groups in total. The van der Waals surface area contributed by atoms with Gasteiger partial charge in [0.15, 0.2) is 5.82 Å². The predicted molar refractivity (Wildman–Crippen MR) is 123 cm³/mol. The van der Waals surface area contributed by atoms with Crippen molar-refractivity contribution in [3.05, 3.63) is 95.1 Å². The van der Waals surface area contributed by atoms with E-state index >= 15 is 0 Å². The lowest BCUT2D eigenvalue weighted by Gasteiger charge is -2.35. The van der Waals surface area contributed by atoms with Gasteiger partial charge in [0.05, 0.1) is 23.7 Å². The Kier molecular flexibility index (Phi) is 6.90. The van der Waals surface area contributed by atoms with Crippen molar-refractivity contribution in [2.45, 2.75) is 45.2 Å². The number of piperidine rings is 1. The van der Waals surface area contributed by atoms with Crippen LogP contribution in [0.4, 0.5) is 0 Å². The fraction of sp³-hybridized carbons (Fsp3) is 0.308. The van der Waals surface area contributed by atoms with Crippen molar-refractivity contribution in [1.82, 2.24) is 20.2 Å². The van der Waals surface area contributed by atoms with Gasteiger partial charge in [0.2, 0.25) is 5.91 Å². The average Bonchev–Trinajstić information content (AvgIpc) is 2.84. The fourth-order valence-electron chi connectivity index (χ4n) is 4.11. The number of amides is 2. The first-order valence-electron chi connectivity index (χ1n) is 11.1. The zero-order chi connectivity index (χ0) is 22.3. The summed E-state index contributed by atoms with van der Waals surface area (Å²) in [5.41, 5.74) is 3.12. The standard InChI is InChI=1S/C26H28N4O2/c1-19-22(26(32)28-17-21-12-6-3-7-13-21)18-27-25(29-19)23-14-8-9-15-30(23)24(31)16-20-10-4-2-5-11-20/h2-7,10-13,18,23H,8-9,14-17H2,1H3,(H,28,32)/t23-/m1/s1. The second kappa shape index (κ2) is 10.2. The molecular formula is C26H28N4O2. The molecule has 2 amide bonds. The van der Waals surface area contributed by atoms with Crippen LogP contribution in [0.2, 0.25) is 0 Å². The summed E-state index contributed by atoms with van der Waals surface area (Å²) in [6, 6.07) is 19.4. The Morgan fingerprint density at radius 2 is 1.69 bits per heavy atom. The van der Waals surface area contributed by atoms with Gasteiger partial charge in [-0.15, -0.1) is 0 Å². The predicted octanol–water partition coefficient (Wildman–Crippen LogP) is 4.01. The number of aryl methyl sites for hydroxylation is 1. The fourth-order valence-corrected chi connectivity index (χ4v) is 4.11. The Bertz CT molecular complexity index is 1070. The molecule has 32 heavy (non-hydrogen) atoms. The van der Waals surface area contributed by atoms with Crippen molar-refractivity contribution in [3.8, 4) is 0 Å². The lowest BCUT2D eigenvalue weighted by atomic mass is 9.99. The van der Waals surface area contributed by atoms with E-state index in [1.807, 2.05) is 72.5 Å². The highest BCUT2D eigenvalue weighted by atomic mass is 16.2. The van der Waals surface area contributed by atoms with Crippen molar-refractivity contribution in [1.29, 1.82) is 0 Å². The highest BCUT2D eigenvalue weighted by Gasteiger charge is 2.30. The van der Waals surface area contributed by atoms with Crippen LogP contribution < -0.4 is 5.32 Å². The minimum absolute atomic E-state index is 0.0897. The van der Waals surface area contributed by atoms with Crippen LogP contribution in [0, 0.1) is 6.92 Å². The van der Waals surface area contributed by atoms with E-state index < -0.39 is 0 Å². The van der Waals surface area contributed by atoms with Crippen LogP contribution in [0.5, 0.6) is 0 Å². The molecule has 1 fully saturated rings. The topological polar surface area (TPSA) is 75.2 Å². The van der Waals surface area contributed by atoms with E-state index in [1.54, 1.807) is 6.20 Å². The van der Waals surface area contributed by atoms with E-state index in [-0.39, 0.29) is 17.9 Å². The third-order valence-corrected chi connectivity index (χ3v) is 5.86. The average molecular weight is 429 g/mol. The zero-order valence-electron chi connectivity index (χ0n) is 18.3. The van der Waals surface area contributed by atoms with Gasteiger partial charge in [0.25, 0.3) is 5.91 Å². The Morgan fingerprint density at radius 1 is 1.00 bits per heavy atom. The zero-order valence-corrected chi connectivity index (χ0v) is 18.3. The van der Waals surface area contributed by atoms with Crippen LogP contribution in [-0.4, -0.2) is 33.2 Å². The van der Waals surface area contributed by atoms with E-state index in [2.05, 4.69) is 15.3 Å². The van der Waals surface area contributed by atoms with Crippen LogP contribution >= 0.6 is 0 Å². The van der Waals surface area contributed by atoms with Gasteiger partial charge < -0.3 is 10.2 Å². The second-order valence-corrected chi connectivity index (χ2v) is 8.16. The van der Waals surface area contributed by atoms with E-state index in [1.165, 1.54) is 0 Å². The molecular weight excluding hydrogens is 400 g/mol. The molecule has 2 aromatic carbocycles. The van der Waals surface area contributed by atoms with E-state index in [4.69, 9.17) is 0 Å². The number of carbonyl (C=O) groups is 2. The first-order chi connectivity index (χ1) is 15.6. The minimum atomic E-state index is -0.196. The highest BCUT2D eigenvalue weighted by Crippen LogP contribution is 2.29. The summed E-state index contributed by atoms with van der Waals surface area (Å²) >= 11 is 0. The Morgan fingerprint density at radius 3 is 2.38 bits per heavy atom. The van der Waals surface area contributed by atoms with Gasteiger partial charge in [0.1, 0.15) is 0 Å². The van der Waals surface area contributed by atoms with Gasteiger partial charge in [-0.3, -0.25) is 9.59 Å². The van der Waals surface area contributed by atoms with Crippen LogP contribution in [0.15, 0.2) is 66.9 Å². The molecule has 1 aliphatic heterocycles. The van der Waals surface area contributed by atoms with Gasteiger partial charge in [-0.05, 0) is 37.3 Å². The van der Waals surface area contributed by atoms with Crippen LogP contribution in [0.3, 0.4) is 0 Å². The molecule has 0 bridgehead atoms. The first-order valence-corrected chi connectivity index (χ1v) is 11.1. The lowest BCUT2D eigenvalue weighted by molar-refractivity contribution is -0.134. The Hall–Kier alpha value is -3.54. The lowest BCUT2D eigenvalue weighted by Crippen LogP contribution is -2.40. The molecule has 3 aromatic rings. The van der Waals surface area contributed by atoms with E-state index in [9.17, 15) is 9.59 Å². The molecule has 1 aromatic heterocycles.